The van der Waals surface area contributed by atoms with Gasteiger partial charge in [-0.05, 0) is 0 Å². The zero-order valence-corrected chi connectivity index (χ0v) is 5.71. The Labute approximate surface area is 57.6 Å². The maximum atomic E-state index is 8.37. The van der Waals surface area contributed by atoms with Crippen LogP contribution in [0.15, 0.2) is 11.6 Å². The minimum atomic E-state index is 0. The van der Waals surface area contributed by atoms with Gasteiger partial charge in [0.25, 0.3) is 0 Å². The van der Waals surface area contributed by atoms with Gasteiger partial charge in [0.2, 0.25) is 0 Å². The predicted molar refractivity (Wildman–Crippen MR) is 35.3 cm³/mol. The van der Waals surface area contributed by atoms with Crippen LogP contribution in [-0.4, -0.2) is 10.1 Å². The van der Waals surface area contributed by atoms with Crippen molar-refractivity contribution in [2.24, 2.45) is 0 Å². The van der Waals surface area contributed by atoms with Crippen LogP contribution in [0.1, 0.15) is 5.01 Å². The average molecular weight is 152 g/mol. The molecule has 0 spiro atoms. The van der Waals surface area contributed by atoms with Gasteiger partial charge in [-0.15, -0.1) is 23.7 Å². The number of hydrogen-bond acceptors (Lipinski definition) is 3. The van der Waals surface area contributed by atoms with Crippen molar-refractivity contribution in [3.8, 4) is 0 Å². The van der Waals surface area contributed by atoms with Crippen molar-refractivity contribution in [1.29, 1.82) is 0 Å². The lowest BCUT2D eigenvalue weighted by Crippen LogP contribution is -1.75. The summed E-state index contributed by atoms with van der Waals surface area (Å²) in [6.45, 7) is 0.0671. The first-order valence-electron chi connectivity index (χ1n) is 1.92. The van der Waals surface area contributed by atoms with Crippen molar-refractivity contribution >= 4 is 23.7 Å². The molecule has 1 N–H and O–H groups in total. The van der Waals surface area contributed by atoms with Gasteiger partial charge < -0.3 is 5.11 Å². The molecule has 0 fully saturated rings. The van der Waals surface area contributed by atoms with Crippen LogP contribution in [0.2, 0.25) is 0 Å². The third-order valence-corrected chi connectivity index (χ3v) is 1.38. The van der Waals surface area contributed by atoms with E-state index >= 15 is 0 Å². The molecule has 46 valence electrons. The Bertz CT molecular complexity index is 131. The summed E-state index contributed by atoms with van der Waals surface area (Å²) in [5.74, 6) is 0. The monoisotopic (exact) mass is 151 g/mol. The first-order chi connectivity index (χ1) is 3.43. The normalized spacial score (nSPS) is 8.12. The third kappa shape index (κ3) is 1.78. The fourth-order valence-corrected chi connectivity index (χ4v) is 0.806. The topological polar surface area (TPSA) is 33.1 Å². The molecule has 1 aromatic heterocycles. The second-order valence-electron chi connectivity index (χ2n) is 1.08. The van der Waals surface area contributed by atoms with E-state index < -0.39 is 0 Å². The molecule has 0 saturated heterocycles. The first kappa shape index (κ1) is 7.88. The zero-order chi connectivity index (χ0) is 5.11. The summed E-state index contributed by atoms with van der Waals surface area (Å²) in [7, 11) is 0. The molecule has 0 atom stereocenters. The Morgan fingerprint density at radius 2 is 2.50 bits per heavy atom. The molecule has 8 heavy (non-hydrogen) atoms. The molecule has 1 rings (SSSR count). The van der Waals surface area contributed by atoms with E-state index in [4.69, 9.17) is 5.11 Å². The molecular formula is C4H6ClNOS. The van der Waals surface area contributed by atoms with Crippen LogP contribution < -0.4 is 0 Å². The van der Waals surface area contributed by atoms with Crippen LogP contribution in [0, 0.1) is 0 Å². The van der Waals surface area contributed by atoms with Gasteiger partial charge in [0, 0.05) is 11.6 Å². The van der Waals surface area contributed by atoms with E-state index in [2.05, 4.69) is 4.98 Å². The second-order valence-corrected chi connectivity index (χ2v) is 2.06. The Kier molecular flexibility index (Phi) is 3.77. The van der Waals surface area contributed by atoms with E-state index in [-0.39, 0.29) is 19.0 Å². The molecule has 0 amide bonds. The lowest BCUT2D eigenvalue weighted by Gasteiger charge is -1.77. The van der Waals surface area contributed by atoms with Crippen LogP contribution in [0.5, 0.6) is 0 Å². The summed E-state index contributed by atoms with van der Waals surface area (Å²) in [6, 6.07) is 0. The highest BCUT2D eigenvalue weighted by molar-refractivity contribution is 7.09. The summed E-state index contributed by atoms with van der Waals surface area (Å²) in [5.41, 5.74) is 0. The quantitative estimate of drug-likeness (QED) is 0.651. The van der Waals surface area contributed by atoms with Crippen molar-refractivity contribution in [3.05, 3.63) is 16.6 Å². The number of aliphatic hydroxyl groups excluding tert-OH is 1. The lowest BCUT2D eigenvalue weighted by molar-refractivity contribution is 0.281. The standard InChI is InChI=1S/C4H5NOS.ClH/c6-3-4-5-1-2-7-4;/h1-2,6H,3H2;1H. The Hall–Kier alpha value is -0.120. The van der Waals surface area contributed by atoms with Crippen molar-refractivity contribution in [2.45, 2.75) is 6.61 Å². The summed E-state index contributed by atoms with van der Waals surface area (Å²) >= 11 is 1.46. The van der Waals surface area contributed by atoms with Crippen molar-refractivity contribution in [2.75, 3.05) is 0 Å². The smallest absolute Gasteiger partial charge is 0.118 e. The largest absolute Gasteiger partial charge is 0.389 e. The predicted octanol–water partition coefficient (Wildman–Crippen LogP) is 1.06. The van der Waals surface area contributed by atoms with Gasteiger partial charge in [0.1, 0.15) is 5.01 Å². The number of nitrogens with zero attached hydrogens (tertiary/aromatic N) is 1. The van der Waals surface area contributed by atoms with Crippen molar-refractivity contribution in [3.63, 3.8) is 0 Å². The van der Waals surface area contributed by atoms with E-state index in [0.29, 0.717) is 0 Å². The first-order valence-corrected chi connectivity index (χ1v) is 2.80. The lowest BCUT2D eigenvalue weighted by atomic mass is 10.8. The van der Waals surface area contributed by atoms with Crippen LogP contribution in [0.25, 0.3) is 0 Å². The summed E-state index contributed by atoms with van der Waals surface area (Å²) in [5, 5.41) is 11.0. The van der Waals surface area contributed by atoms with Crippen LogP contribution in [0.3, 0.4) is 0 Å². The highest BCUT2D eigenvalue weighted by atomic mass is 35.5. The molecule has 4 heteroatoms. The Morgan fingerprint density at radius 3 is 2.75 bits per heavy atom. The summed E-state index contributed by atoms with van der Waals surface area (Å²) < 4.78 is 0. The Balaban J connectivity index is 0.000000490. The van der Waals surface area contributed by atoms with Gasteiger partial charge in [-0.1, -0.05) is 0 Å². The SMILES string of the molecule is Cl.OCc1nccs1. The van der Waals surface area contributed by atoms with E-state index in [0.717, 1.165) is 5.01 Å². The number of rotatable bonds is 1. The second kappa shape index (κ2) is 3.83. The summed E-state index contributed by atoms with van der Waals surface area (Å²) in [4.78, 5) is 3.80. The fourth-order valence-electron chi connectivity index (χ4n) is 0.331. The third-order valence-electron chi connectivity index (χ3n) is 0.619. The van der Waals surface area contributed by atoms with Gasteiger partial charge >= 0.3 is 0 Å². The minimum Gasteiger partial charge on any atom is -0.389 e. The van der Waals surface area contributed by atoms with Crippen molar-refractivity contribution in [1.82, 2.24) is 4.98 Å². The van der Waals surface area contributed by atoms with E-state index in [1.807, 2.05) is 5.38 Å². The van der Waals surface area contributed by atoms with Crippen LogP contribution in [-0.2, 0) is 6.61 Å². The molecule has 0 aliphatic carbocycles. The van der Waals surface area contributed by atoms with Gasteiger partial charge in [0.15, 0.2) is 0 Å². The molecule has 0 aliphatic rings. The van der Waals surface area contributed by atoms with Gasteiger partial charge in [-0.3, -0.25) is 0 Å². The number of halogens is 1. The van der Waals surface area contributed by atoms with E-state index in [1.165, 1.54) is 11.3 Å². The molecule has 1 heterocycles. The maximum Gasteiger partial charge on any atom is 0.118 e. The van der Waals surface area contributed by atoms with Gasteiger partial charge in [-0.25, -0.2) is 4.98 Å². The zero-order valence-electron chi connectivity index (χ0n) is 4.07. The fraction of sp³-hybridized carbons (Fsp3) is 0.250. The number of aromatic nitrogens is 1. The molecule has 0 aliphatic heterocycles. The molecule has 0 saturated carbocycles. The molecule has 0 bridgehead atoms. The van der Waals surface area contributed by atoms with Crippen molar-refractivity contribution < 1.29 is 5.11 Å². The molecule has 2 nitrogen and oxygen atoms in total. The van der Waals surface area contributed by atoms with E-state index in [1.54, 1.807) is 6.20 Å². The maximum absolute atomic E-state index is 8.37. The van der Waals surface area contributed by atoms with E-state index in [9.17, 15) is 0 Å². The highest BCUT2D eigenvalue weighted by Gasteiger charge is 1.85. The molecule has 0 radical (unpaired) electrons. The minimum absolute atomic E-state index is 0. The average Bonchev–Trinajstić information content (AvgIpc) is 2.14. The number of thiazole rings is 1. The number of hydrogen-bond donors (Lipinski definition) is 1. The highest BCUT2D eigenvalue weighted by Crippen LogP contribution is 2.01. The molecular weight excluding hydrogens is 146 g/mol. The van der Waals surface area contributed by atoms with Crippen LogP contribution >= 0.6 is 23.7 Å². The van der Waals surface area contributed by atoms with Gasteiger partial charge in [0.05, 0.1) is 6.61 Å². The Morgan fingerprint density at radius 1 is 1.75 bits per heavy atom. The van der Waals surface area contributed by atoms with Gasteiger partial charge in [-0.2, -0.15) is 0 Å². The molecule has 1 aromatic rings. The number of aliphatic hydroxyl groups is 1. The molecule has 0 aromatic carbocycles. The van der Waals surface area contributed by atoms with Crippen LogP contribution in [0.4, 0.5) is 0 Å². The molecule has 0 unspecified atom stereocenters. The summed E-state index contributed by atoms with van der Waals surface area (Å²) in [6.07, 6.45) is 1.68.